The second kappa shape index (κ2) is 4.80. The Balaban J connectivity index is 1.78. The maximum absolute atomic E-state index is 12.3. The summed E-state index contributed by atoms with van der Waals surface area (Å²) in [5.74, 6) is -0.414. The third-order valence-corrected chi connectivity index (χ3v) is 2.99. The van der Waals surface area contributed by atoms with E-state index in [1.807, 2.05) is 10.9 Å². The highest BCUT2D eigenvalue weighted by Crippen LogP contribution is 2.34. The van der Waals surface area contributed by atoms with Crippen molar-refractivity contribution in [2.24, 2.45) is 5.92 Å². The molecule has 0 bridgehead atoms. The third kappa shape index (κ3) is 2.51. The average molecular weight is 229 g/mol. The van der Waals surface area contributed by atoms with E-state index in [9.17, 15) is 8.78 Å². The van der Waals surface area contributed by atoms with Gasteiger partial charge in [0.05, 0.1) is 11.9 Å². The van der Waals surface area contributed by atoms with Crippen LogP contribution in [0.15, 0.2) is 12.4 Å². The lowest BCUT2D eigenvalue weighted by molar-refractivity contribution is 0.0281. The lowest BCUT2D eigenvalue weighted by atomic mass is 9.80. The van der Waals surface area contributed by atoms with Gasteiger partial charge in [0.2, 0.25) is 6.43 Å². The molecule has 2 rings (SSSR count). The van der Waals surface area contributed by atoms with Crippen LogP contribution in [-0.2, 0) is 6.54 Å². The van der Waals surface area contributed by atoms with Crippen molar-refractivity contribution in [3.05, 3.63) is 12.4 Å². The zero-order valence-electron chi connectivity index (χ0n) is 9.37. The fourth-order valence-corrected chi connectivity index (χ4v) is 2.01. The van der Waals surface area contributed by atoms with Crippen LogP contribution in [0.1, 0.15) is 26.2 Å². The SMILES string of the molecule is CCCn1cc(NC2CC(C(F)F)C2)cn1. The molecule has 0 aliphatic heterocycles. The number of rotatable bonds is 5. The Kier molecular flexibility index (Phi) is 3.41. The molecule has 0 unspecified atom stereocenters. The van der Waals surface area contributed by atoms with Crippen LogP contribution in [0.2, 0.25) is 0 Å². The Morgan fingerprint density at radius 2 is 2.31 bits per heavy atom. The van der Waals surface area contributed by atoms with Crippen LogP contribution in [0, 0.1) is 5.92 Å². The van der Waals surface area contributed by atoms with Gasteiger partial charge < -0.3 is 5.32 Å². The van der Waals surface area contributed by atoms with E-state index in [0.29, 0.717) is 12.8 Å². The van der Waals surface area contributed by atoms with Gasteiger partial charge in [-0.3, -0.25) is 4.68 Å². The molecule has 90 valence electrons. The van der Waals surface area contributed by atoms with E-state index < -0.39 is 12.3 Å². The van der Waals surface area contributed by atoms with E-state index in [4.69, 9.17) is 0 Å². The molecule has 0 radical (unpaired) electrons. The Morgan fingerprint density at radius 3 is 2.94 bits per heavy atom. The van der Waals surface area contributed by atoms with Crippen molar-refractivity contribution in [3.63, 3.8) is 0 Å². The highest BCUT2D eigenvalue weighted by Gasteiger charge is 2.35. The Bertz CT molecular complexity index is 332. The number of halogens is 2. The summed E-state index contributed by atoms with van der Waals surface area (Å²) in [6.45, 7) is 2.99. The molecule has 1 N–H and O–H groups in total. The van der Waals surface area contributed by atoms with Gasteiger partial charge >= 0.3 is 0 Å². The molecule has 1 aliphatic rings. The molecule has 0 amide bonds. The summed E-state index contributed by atoms with van der Waals surface area (Å²) in [7, 11) is 0. The summed E-state index contributed by atoms with van der Waals surface area (Å²) < 4.78 is 26.4. The number of aromatic nitrogens is 2. The van der Waals surface area contributed by atoms with Crippen LogP contribution in [0.3, 0.4) is 0 Å². The first-order chi connectivity index (χ1) is 7.69. The van der Waals surface area contributed by atoms with Gasteiger partial charge in [0.15, 0.2) is 0 Å². The zero-order chi connectivity index (χ0) is 11.5. The second-order valence-corrected chi connectivity index (χ2v) is 4.40. The van der Waals surface area contributed by atoms with Gasteiger partial charge in [-0.15, -0.1) is 0 Å². The smallest absolute Gasteiger partial charge is 0.241 e. The highest BCUT2D eigenvalue weighted by molar-refractivity contribution is 5.40. The van der Waals surface area contributed by atoms with Gasteiger partial charge in [-0.05, 0) is 19.3 Å². The van der Waals surface area contributed by atoms with Crippen molar-refractivity contribution in [2.75, 3.05) is 5.32 Å². The maximum Gasteiger partial charge on any atom is 0.241 e. The molecule has 1 fully saturated rings. The Morgan fingerprint density at radius 1 is 1.56 bits per heavy atom. The first-order valence-corrected chi connectivity index (χ1v) is 5.76. The third-order valence-electron chi connectivity index (χ3n) is 2.99. The summed E-state index contributed by atoms with van der Waals surface area (Å²) in [5, 5.41) is 7.40. The fraction of sp³-hybridized carbons (Fsp3) is 0.727. The van der Waals surface area contributed by atoms with Crippen LogP contribution < -0.4 is 5.32 Å². The van der Waals surface area contributed by atoms with Crippen molar-refractivity contribution in [2.45, 2.75) is 45.2 Å². The largest absolute Gasteiger partial charge is 0.380 e. The minimum absolute atomic E-state index is 0.193. The summed E-state index contributed by atoms with van der Waals surface area (Å²) >= 11 is 0. The van der Waals surface area contributed by atoms with Crippen molar-refractivity contribution in [1.29, 1.82) is 0 Å². The molecule has 1 aromatic rings. The number of nitrogens with zero attached hydrogens (tertiary/aromatic N) is 2. The average Bonchev–Trinajstić information content (AvgIpc) is 2.58. The number of nitrogens with one attached hydrogen (secondary N) is 1. The monoisotopic (exact) mass is 229 g/mol. The Labute approximate surface area is 93.8 Å². The highest BCUT2D eigenvalue weighted by atomic mass is 19.3. The number of alkyl halides is 2. The lowest BCUT2D eigenvalue weighted by Crippen LogP contribution is -2.38. The van der Waals surface area contributed by atoms with E-state index in [2.05, 4.69) is 17.3 Å². The van der Waals surface area contributed by atoms with E-state index in [1.165, 1.54) is 0 Å². The molecule has 1 saturated carbocycles. The fourth-order valence-electron chi connectivity index (χ4n) is 2.01. The summed E-state index contributed by atoms with van der Waals surface area (Å²) in [5.41, 5.74) is 0.936. The van der Waals surface area contributed by atoms with Gasteiger partial charge in [0.25, 0.3) is 0 Å². The standard InChI is InChI=1S/C11H17F2N3/c1-2-3-16-7-10(6-14-16)15-9-4-8(5-9)11(12)13/h6-9,11,15H,2-5H2,1H3. The van der Waals surface area contributed by atoms with Gasteiger partial charge in [-0.25, -0.2) is 8.78 Å². The Hall–Kier alpha value is -1.13. The van der Waals surface area contributed by atoms with Crippen LogP contribution in [0.5, 0.6) is 0 Å². The predicted octanol–water partition coefficient (Wildman–Crippen LogP) is 2.75. The minimum atomic E-state index is -2.17. The maximum atomic E-state index is 12.3. The molecule has 0 atom stereocenters. The van der Waals surface area contributed by atoms with Crippen LogP contribution in [0.4, 0.5) is 14.5 Å². The summed E-state index contributed by atoms with van der Waals surface area (Å²) in [6, 6.07) is 0.193. The van der Waals surface area contributed by atoms with Crippen molar-refractivity contribution < 1.29 is 8.78 Å². The van der Waals surface area contributed by atoms with Crippen LogP contribution in [0.25, 0.3) is 0 Å². The molecule has 3 nitrogen and oxygen atoms in total. The first-order valence-electron chi connectivity index (χ1n) is 5.76. The van der Waals surface area contributed by atoms with Crippen molar-refractivity contribution in [1.82, 2.24) is 9.78 Å². The molecule has 0 saturated heterocycles. The minimum Gasteiger partial charge on any atom is -0.380 e. The molecule has 0 aromatic carbocycles. The normalized spacial score (nSPS) is 24.5. The summed E-state index contributed by atoms with van der Waals surface area (Å²) in [6.07, 6.45) is 3.69. The summed E-state index contributed by atoms with van der Waals surface area (Å²) in [4.78, 5) is 0. The van der Waals surface area contributed by atoms with E-state index in [0.717, 1.165) is 18.7 Å². The lowest BCUT2D eigenvalue weighted by Gasteiger charge is -2.35. The predicted molar refractivity (Wildman–Crippen MR) is 58.7 cm³/mol. The van der Waals surface area contributed by atoms with Gasteiger partial charge in [-0.1, -0.05) is 6.92 Å². The molecule has 1 aromatic heterocycles. The molecule has 1 aliphatic carbocycles. The quantitative estimate of drug-likeness (QED) is 0.841. The zero-order valence-corrected chi connectivity index (χ0v) is 9.37. The van der Waals surface area contributed by atoms with Gasteiger partial charge in [0.1, 0.15) is 0 Å². The second-order valence-electron chi connectivity index (χ2n) is 4.40. The van der Waals surface area contributed by atoms with E-state index in [-0.39, 0.29) is 6.04 Å². The van der Waals surface area contributed by atoms with Crippen LogP contribution in [-0.4, -0.2) is 22.2 Å². The van der Waals surface area contributed by atoms with E-state index >= 15 is 0 Å². The molecule has 16 heavy (non-hydrogen) atoms. The number of anilines is 1. The van der Waals surface area contributed by atoms with Crippen molar-refractivity contribution >= 4 is 5.69 Å². The first kappa shape index (κ1) is 11.4. The van der Waals surface area contributed by atoms with E-state index in [1.54, 1.807) is 6.20 Å². The molecule has 0 spiro atoms. The van der Waals surface area contributed by atoms with Crippen molar-refractivity contribution in [3.8, 4) is 0 Å². The molecule has 5 heteroatoms. The number of aryl methyl sites for hydroxylation is 1. The van der Waals surface area contributed by atoms with Gasteiger partial charge in [0, 0.05) is 24.7 Å². The topological polar surface area (TPSA) is 29.9 Å². The number of hydrogen-bond donors (Lipinski definition) is 1. The molecule has 1 heterocycles. The molecular formula is C11H17F2N3. The van der Waals surface area contributed by atoms with Crippen LogP contribution >= 0.6 is 0 Å². The number of hydrogen-bond acceptors (Lipinski definition) is 2. The van der Waals surface area contributed by atoms with Gasteiger partial charge in [-0.2, -0.15) is 5.10 Å². The molecular weight excluding hydrogens is 212 g/mol.